The number of anilines is 2. The largest absolute Gasteiger partial charge is 0.505 e. The first kappa shape index (κ1) is 23.7. The lowest BCUT2D eigenvalue weighted by Crippen LogP contribution is -2.34. The van der Waals surface area contributed by atoms with Crippen molar-refractivity contribution in [3.05, 3.63) is 51.6 Å². The molecule has 2 aliphatic rings. The Labute approximate surface area is 204 Å². The molecule has 5 rings (SSSR count). The molecule has 3 heterocycles. The highest BCUT2D eigenvalue weighted by Gasteiger charge is 2.34. The summed E-state index contributed by atoms with van der Waals surface area (Å²) in [5.74, 6) is -0.157. The van der Waals surface area contributed by atoms with E-state index in [9.17, 15) is 27.8 Å². The third kappa shape index (κ3) is 4.90. The number of rotatable bonds is 7. The fourth-order valence-corrected chi connectivity index (χ4v) is 6.37. The predicted octanol–water partition coefficient (Wildman–Crippen LogP) is 2.53. The molecular weight excluding hydrogens is 513 g/mol. The molecule has 35 heavy (non-hydrogen) atoms. The zero-order valence-corrected chi connectivity index (χ0v) is 21.0. The molecule has 1 atom stereocenters. The molecule has 11 nitrogen and oxygen atoms in total. The van der Waals surface area contributed by atoms with Crippen LogP contribution >= 0.6 is 18.9 Å². The SMILES string of the molecule is CS(=O)(=O)Nc1ccc2c(c1)P(=O)(O)N=C(c1c(O)c(-c3cccs3)nn(CCC3CC3)c1=O)N2. The van der Waals surface area contributed by atoms with Crippen molar-refractivity contribution in [1.29, 1.82) is 0 Å². The molecule has 184 valence electrons. The zero-order chi connectivity index (χ0) is 25.0. The van der Waals surface area contributed by atoms with Crippen LogP contribution in [0.15, 0.2) is 45.3 Å². The van der Waals surface area contributed by atoms with Crippen molar-refractivity contribution >= 4 is 51.4 Å². The second-order valence-electron chi connectivity index (χ2n) is 8.53. The summed E-state index contributed by atoms with van der Waals surface area (Å²) in [6.07, 6.45) is 3.93. The highest BCUT2D eigenvalue weighted by atomic mass is 32.2. The van der Waals surface area contributed by atoms with Gasteiger partial charge >= 0.3 is 7.52 Å². The van der Waals surface area contributed by atoms with E-state index in [0.717, 1.165) is 25.5 Å². The highest BCUT2D eigenvalue weighted by Crippen LogP contribution is 2.48. The number of benzene rings is 1. The van der Waals surface area contributed by atoms with E-state index in [-0.39, 0.29) is 33.8 Å². The molecule has 3 aromatic rings. The van der Waals surface area contributed by atoms with Crippen LogP contribution in [0.25, 0.3) is 10.6 Å². The first-order valence-electron chi connectivity index (χ1n) is 10.7. The van der Waals surface area contributed by atoms with Crippen molar-refractivity contribution in [3.63, 3.8) is 0 Å². The van der Waals surface area contributed by atoms with E-state index in [2.05, 4.69) is 19.9 Å². The molecular formula is C21H22N5O6PS2. The van der Waals surface area contributed by atoms with Crippen molar-refractivity contribution in [2.75, 3.05) is 16.3 Å². The summed E-state index contributed by atoms with van der Waals surface area (Å²) in [6.45, 7) is 0.344. The van der Waals surface area contributed by atoms with Crippen molar-refractivity contribution in [2.24, 2.45) is 10.7 Å². The molecule has 1 aromatic carbocycles. The highest BCUT2D eigenvalue weighted by molar-refractivity contribution is 7.92. The summed E-state index contributed by atoms with van der Waals surface area (Å²) in [4.78, 5) is 24.7. The van der Waals surface area contributed by atoms with Crippen LogP contribution in [0.4, 0.5) is 11.4 Å². The van der Waals surface area contributed by atoms with Crippen molar-refractivity contribution in [2.45, 2.75) is 25.8 Å². The number of amidine groups is 1. The standard InChI is InChI=1S/C21H22N5O6PS2/c1-35(31,32)25-13-6-7-14-15(11-13)33(29,30)24-20(22-14)17-19(27)18(16-3-2-10-34-16)23-26(21(17)28)9-8-12-4-5-12/h2-3,6-7,10-12,25,27H,4-5,8-9H2,1H3,(H2,22,24,29,30). The Bertz CT molecular complexity index is 1560. The van der Waals surface area contributed by atoms with E-state index >= 15 is 0 Å². The maximum absolute atomic E-state index is 13.4. The topological polar surface area (TPSA) is 163 Å². The summed E-state index contributed by atoms with van der Waals surface area (Å²) in [6, 6.07) is 7.57. The molecule has 0 bridgehead atoms. The minimum atomic E-state index is -4.43. The average Bonchev–Trinajstić information content (AvgIpc) is 3.43. The summed E-state index contributed by atoms with van der Waals surface area (Å²) < 4.78 is 43.7. The van der Waals surface area contributed by atoms with Crippen molar-refractivity contribution < 1.29 is 23.0 Å². The maximum Gasteiger partial charge on any atom is 0.346 e. The van der Waals surface area contributed by atoms with E-state index in [1.165, 1.54) is 34.2 Å². The van der Waals surface area contributed by atoms with Gasteiger partial charge in [0.25, 0.3) is 5.56 Å². The van der Waals surface area contributed by atoms with Crippen LogP contribution in [0.1, 0.15) is 24.8 Å². The van der Waals surface area contributed by atoms with Gasteiger partial charge in [0.2, 0.25) is 10.0 Å². The Balaban J connectivity index is 1.62. The number of sulfonamides is 1. The molecule has 1 aliphatic carbocycles. The van der Waals surface area contributed by atoms with E-state index in [4.69, 9.17) is 0 Å². The van der Waals surface area contributed by atoms with Crippen LogP contribution in [0.5, 0.6) is 5.75 Å². The lowest BCUT2D eigenvalue weighted by Gasteiger charge is -2.23. The quantitative estimate of drug-likeness (QED) is 0.335. The second kappa shape index (κ2) is 8.59. The lowest BCUT2D eigenvalue weighted by molar-refractivity contribution is 0.455. The number of aryl methyl sites for hydroxylation is 1. The molecule has 1 aliphatic heterocycles. The van der Waals surface area contributed by atoms with Gasteiger partial charge in [0.1, 0.15) is 11.3 Å². The minimum absolute atomic E-state index is 0.0927. The average molecular weight is 536 g/mol. The van der Waals surface area contributed by atoms with Gasteiger partial charge in [-0.05, 0) is 42.0 Å². The maximum atomic E-state index is 13.4. The molecule has 1 saturated carbocycles. The van der Waals surface area contributed by atoms with Crippen LogP contribution in [0.2, 0.25) is 0 Å². The number of thiophene rings is 1. The number of aromatic hydroxyl groups is 1. The number of aromatic nitrogens is 2. The Kier molecular flexibility index (Phi) is 5.83. The van der Waals surface area contributed by atoms with Crippen LogP contribution < -0.4 is 20.9 Å². The van der Waals surface area contributed by atoms with Crippen LogP contribution in [-0.4, -0.2) is 40.3 Å². The van der Waals surface area contributed by atoms with Gasteiger partial charge in [0.15, 0.2) is 11.6 Å². The predicted molar refractivity (Wildman–Crippen MR) is 135 cm³/mol. The number of hydrogen-bond donors (Lipinski definition) is 4. The molecule has 4 N–H and O–H groups in total. The normalized spacial score (nSPS) is 19.5. The number of hydrogen-bond acceptors (Lipinski definition) is 8. The molecule has 0 amide bonds. The van der Waals surface area contributed by atoms with E-state index in [1.54, 1.807) is 12.1 Å². The molecule has 0 spiro atoms. The van der Waals surface area contributed by atoms with E-state index in [1.807, 2.05) is 5.38 Å². The molecule has 14 heteroatoms. The van der Waals surface area contributed by atoms with Gasteiger partial charge in [-0.25, -0.2) is 13.1 Å². The monoisotopic (exact) mass is 535 g/mol. The third-order valence-corrected chi connectivity index (χ3v) is 8.62. The Hall–Kier alpha value is -2.99. The summed E-state index contributed by atoms with van der Waals surface area (Å²) in [5, 5.41) is 20.0. The summed E-state index contributed by atoms with van der Waals surface area (Å²) >= 11 is 1.33. The van der Waals surface area contributed by atoms with Gasteiger partial charge in [0, 0.05) is 12.2 Å². The van der Waals surface area contributed by atoms with Gasteiger partial charge < -0.3 is 15.3 Å². The minimum Gasteiger partial charge on any atom is -0.505 e. The smallest absolute Gasteiger partial charge is 0.346 e. The van der Waals surface area contributed by atoms with Gasteiger partial charge in [0.05, 0.1) is 22.1 Å². The number of nitrogens with zero attached hydrogens (tertiary/aromatic N) is 3. The fraction of sp³-hybridized carbons (Fsp3) is 0.286. The molecule has 0 saturated heterocycles. The second-order valence-corrected chi connectivity index (χ2v) is 13.0. The summed E-state index contributed by atoms with van der Waals surface area (Å²) in [5.41, 5.74) is -0.444. The summed E-state index contributed by atoms with van der Waals surface area (Å²) in [7, 11) is -8.03. The Morgan fingerprint density at radius 1 is 1.31 bits per heavy atom. The Morgan fingerprint density at radius 3 is 2.74 bits per heavy atom. The van der Waals surface area contributed by atoms with Crippen molar-refractivity contribution in [1.82, 2.24) is 9.78 Å². The van der Waals surface area contributed by atoms with Gasteiger partial charge in [-0.1, -0.05) is 18.9 Å². The van der Waals surface area contributed by atoms with E-state index in [0.29, 0.717) is 17.3 Å². The van der Waals surface area contributed by atoms with Gasteiger partial charge in [-0.15, -0.1) is 11.3 Å². The number of nitrogens with one attached hydrogen (secondary N) is 2. The Morgan fingerprint density at radius 2 is 2.09 bits per heavy atom. The fourth-order valence-electron chi connectivity index (χ4n) is 3.83. The third-order valence-electron chi connectivity index (χ3n) is 5.67. The van der Waals surface area contributed by atoms with Crippen LogP contribution in [-0.2, 0) is 21.1 Å². The first-order valence-corrected chi connectivity index (χ1v) is 15.1. The first-order chi connectivity index (χ1) is 16.5. The lowest BCUT2D eigenvalue weighted by atomic mass is 10.1. The van der Waals surface area contributed by atoms with Crippen LogP contribution in [0, 0.1) is 5.92 Å². The number of fused-ring (bicyclic) bond motifs is 1. The molecule has 0 radical (unpaired) electrons. The van der Waals surface area contributed by atoms with Gasteiger partial charge in [-0.3, -0.25) is 14.1 Å². The van der Waals surface area contributed by atoms with Crippen molar-refractivity contribution in [3.8, 4) is 16.3 Å². The zero-order valence-electron chi connectivity index (χ0n) is 18.5. The molecule has 1 fully saturated rings. The molecule has 1 unspecified atom stereocenters. The van der Waals surface area contributed by atoms with Gasteiger partial charge in [-0.2, -0.15) is 9.86 Å². The van der Waals surface area contributed by atoms with Crippen LogP contribution in [0.3, 0.4) is 0 Å². The molecule has 2 aromatic heterocycles. The van der Waals surface area contributed by atoms with E-state index < -0.39 is 28.9 Å².